The van der Waals surface area contributed by atoms with Crippen molar-refractivity contribution in [2.75, 3.05) is 51.2 Å². The predicted molar refractivity (Wildman–Crippen MR) is 102 cm³/mol. The molecule has 3 atom stereocenters. The number of likely N-dealkylation sites (N-methyl/N-ethyl adjacent to an activating group) is 1. The highest BCUT2D eigenvalue weighted by Gasteiger charge is 2.30. The monoisotopic (exact) mass is 356 g/mol. The lowest BCUT2D eigenvalue weighted by molar-refractivity contribution is -0.0406. The highest BCUT2D eigenvalue weighted by molar-refractivity contribution is 5.85. The molecule has 2 aliphatic rings. The summed E-state index contributed by atoms with van der Waals surface area (Å²) >= 11 is 0. The van der Waals surface area contributed by atoms with Crippen LogP contribution >= 0.6 is 0 Å². The average molecular weight is 356 g/mol. The third-order valence-electron chi connectivity index (χ3n) is 5.52. The quantitative estimate of drug-likeness (QED) is 0.820. The second-order valence-electron chi connectivity index (χ2n) is 7.62. The molecule has 7 nitrogen and oxygen atoms in total. The molecule has 2 aliphatic heterocycles. The third kappa shape index (κ3) is 3.65. The van der Waals surface area contributed by atoms with E-state index in [1.54, 1.807) is 12.4 Å². The molecule has 0 aromatic carbocycles. The van der Waals surface area contributed by atoms with Crippen molar-refractivity contribution in [3.05, 3.63) is 24.7 Å². The van der Waals surface area contributed by atoms with Crippen molar-refractivity contribution < 1.29 is 4.74 Å². The van der Waals surface area contributed by atoms with Crippen molar-refractivity contribution in [2.45, 2.75) is 32.1 Å². The van der Waals surface area contributed by atoms with Gasteiger partial charge in [-0.2, -0.15) is 0 Å². The van der Waals surface area contributed by atoms with E-state index >= 15 is 0 Å². The van der Waals surface area contributed by atoms with Crippen LogP contribution in [0.2, 0.25) is 0 Å². The number of aromatic nitrogens is 3. The van der Waals surface area contributed by atoms with E-state index in [1.807, 2.05) is 12.3 Å². The average Bonchev–Trinajstić information content (AvgIpc) is 2.64. The summed E-state index contributed by atoms with van der Waals surface area (Å²) in [6, 6.07) is 2.64. The Kier molecular flexibility index (Phi) is 5.02. The molecule has 7 heteroatoms. The molecule has 2 aromatic rings. The number of rotatable bonds is 3. The maximum absolute atomic E-state index is 6.27. The van der Waals surface area contributed by atoms with Crippen LogP contribution in [-0.2, 0) is 4.74 Å². The van der Waals surface area contributed by atoms with E-state index in [-0.39, 0.29) is 12.2 Å². The van der Waals surface area contributed by atoms with Crippen LogP contribution in [0.25, 0.3) is 11.2 Å². The van der Waals surface area contributed by atoms with Crippen LogP contribution in [0, 0.1) is 0 Å². The van der Waals surface area contributed by atoms with Crippen LogP contribution < -0.4 is 4.90 Å². The van der Waals surface area contributed by atoms with Crippen LogP contribution in [0.5, 0.6) is 0 Å². The number of piperazine rings is 1. The minimum atomic E-state index is 0.193. The van der Waals surface area contributed by atoms with Gasteiger partial charge >= 0.3 is 0 Å². The predicted octanol–water partition coefficient (Wildman–Crippen LogP) is 1.25. The number of fused-ring (bicyclic) bond motifs is 1. The number of hydrogen-bond acceptors (Lipinski definition) is 7. The van der Waals surface area contributed by atoms with Crippen LogP contribution in [-0.4, -0.2) is 89.3 Å². The summed E-state index contributed by atoms with van der Waals surface area (Å²) in [5.74, 6) is 0. The van der Waals surface area contributed by atoms with Gasteiger partial charge in [0.2, 0.25) is 0 Å². The molecule has 0 radical (unpaired) electrons. The van der Waals surface area contributed by atoms with E-state index in [4.69, 9.17) is 4.74 Å². The van der Waals surface area contributed by atoms with Gasteiger partial charge in [-0.1, -0.05) is 0 Å². The molecule has 140 valence electrons. The van der Waals surface area contributed by atoms with E-state index < -0.39 is 0 Å². The Labute approximate surface area is 155 Å². The Balaban J connectivity index is 1.50. The maximum Gasteiger partial charge on any atom is 0.180 e. The van der Waals surface area contributed by atoms with Gasteiger partial charge in [0.05, 0.1) is 17.9 Å². The van der Waals surface area contributed by atoms with Gasteiger partial charge in [0.1, 0.15) is 5.52 Å². The molecule has 0 amide bonds. The second-order valence-corrected chi connectivity index (χ2v) is 7.62. The number of anilines is 1. The third-order valence-corrected chi connectivity index (χ3v) is 5.52. The van der Waals surface area contributed by atoms with E-state index in [1.165, 1.54) is 0 Å². The zero-order valence-electron chi connectivity index (χ0n) is 15.9. The number of pyridine rings is 1. The van der Waals surface area contributed by atoms with Gasteiger partial charge in [-0.25, -0.2) is 15.0 Å². The van der Waals surface area contributed by atoms with E-state index in [0.717, 1.165) is 50.5 Å². The lowest BCUT2D eigenvalue weighted by Crippen LogP contribution is -2.55. The first-order chi connectivity index (χ1) is 12.6. The Morgan fingerprint density at radius 1 is 1.04 bits per heavy atom. The highest BCUT2D eigenvalue weighted by Crippen LogP contribution is 2.26. The number of ether oxygens (including phenoxy) is 1. The molecule has 4 heterocycles. The molecule has 0 N–H and O–H groups in total. The van der Waals surface area contributed by atoms with Crippen molar-refractivity contribution in [2.24, 2.45) is 0 Å². The maximum atomic E-state index is 6.27. The first-order valence-electron chi connectivity index (χ1n) is 9.49. The normalized spacial score (nSPS) is 28.6. The van der Waals surface area contributed by atoms with Gasteiger partial charge in [-0.15, -0.1) is 0 Å². The largest absolute Gasteiger partial charge is 0.370 e. The molecule has 2 fully saturated rings. The summed E-state index contributed by atoms with van der Waals surface area (Å²) in [5.41, 5.74) is 2.68. The van der Waals surface area contributed by atoms with E-state index in [9.17, 15) is 0 Å². The van der Waals surface area contributed by atoms with Crippen LogP contribution in [0.4, 0.5) is 5.69 Å². The first-order valence-corrected chi connectivity index (χ1v) is 9.49. The van der Waals surface area contributed by atoms with Gasteiger partial charge in [0.25, 0.3) is 0 Å². The van der Waals surface area contributed by atoms with Crippen molar-refractivity contribution in [1.29, 1.82) is 0 Å². The Morgan fingerprint density at radius 2 is 1.85 bits per heavy atom. The van der Waals surface area contributed by atoms with Crippen LogP contribution in [0.1, 0.15) is 13.8 Å². The lowest BCUT2D eigenvalue weighted by Gasteiger charge is -2.43. The minimum Gasteiger partial charge on any atom is -0.370 e. The lowest BCUT2D eigenvalue weighted by atomic mass is 10.1. The molecule has 2 saturated heterocycles. The topological polar surface area (TPSA) is 57.6 Å². The van der Waals surface area contributed by atoms with Crippen molar-refractivity contribution in [3.8, 4) is 0 Å². The molecule has 26 heavy (non-hydrogen) atoms. The molecule has 0 aliphatic carbocycles. The van der Waals surface area contributed by atoms with Gasteiger partial charge in [-0.3, -0.25) is 4.90 Å². The fourth-order valence-electron chi connectivity index (χ4n) is 4.04. The molecule has 2 aromatic heterocycles. The SMILES string of the molecule is CC1CN(c2ccnc3nccnc23)CC(CN2CCN(C)C(C)C2)O1. The summed E-state index contributed by atoms with van der Waals surface area (Å²) < 4.78 is 6.27. The van der Waals surface area contributed by atoms with Crippen molar-refractivity contribution in [1.82, 2.24) is 24.8 Å². The van der Waals surface area contributed by atoms with Crippen molar-refractivity contribution >= 4 is 16.9 Å². The number of nitrogens with zero attached hydrogens (tertiary/aromatic N) is 6. The molecule has 0 spiro atoms. The Bertz CT molecular complexity index is 750. The Hall–Kier alpha value is -1.83. The molecule has 0 saturated carbocycles. The van der Waals surface area contributed by atoms with Gasteiger partial charge in [0.15, 0.2) is 5.65 Å². The zero-order chi connectivity index (χ0) is 18.1. The van der Waals surface area contributed by atoms with Gasteiger partial charge in [0, 0.05) is 63.9 Å². The van der Waals surface area contributed by atoms with Gasteiger partial charge in [-0.05, 0) is 27.0 Å². The first kappa shape index (κ1) is 17.6. The summed E-state index contributed by atoms with van der Waals surface area (Å²) in [7, 11) is 2.21. The highest BCUT2D eigenvalue weighted by atomic mass is 16.5. The minimum absolute atomic E-state index is 0.193. The standard InChI is InChI=1S/C19H28N6O/c1-14-10-24(9-8-23(14)3)12-16-13-25(11-15(2)26-16)17-4-5-21-19-18(17)20-6-7-22-19/h4-7,14-16H,8-13H2,1-3H3. The van der Waals surface area contributed by atoms with Crippen molar-refractivity contribution in [3.63, 3.8) is 0 Å². The molecule has 4 rings (SSSR count). The Morgan fingerprint density at radius 3 is 2.69 bits per heavy atom. The molecular formula is C19H28N6O. The molecule has 0 bridgehead atoms. The number of hydrogen-bond donors (Lipinski definition) is 0. The smallest absolute Gasteiger partial charge is 0.180 e. The summed E-state index contributed by atoms with van der Waals surface area (Å²) in [5, 5.41) is 0. The molecular weight excluding hydrogens is 328 g/mol. The summed E-state index contributed by atoms with van der Waals surface area (Å²) in [4.78, 5) is 20.5. The molecule has 3 unspecified atom stereocenters. The van der Waals surface area contributed by atoms with Gasteiger partial charge < -0.3 is 14.5 Å². The zero-order valence-corrected chi connectivity index (χ0v) is 15.9. The van der Waals surface area contributed by atoms with Crippen LogP contribution in [0.15, 0.2) is 24.7 Å². The number of morpholine rings is 1. The summed E-state index contributed by atoms with van der Waals surface area (Å²) in [6.45, 7) is 10.5. The fourth-order valence-corrected chi connectivity index (χ4v) is 4.04. The summed E-state index contributed by atoms with van der Waals surface area (Å²) in [6.07, 6.45) is 5.65. The fraction of sp³-hybridized carbons (Fsp3) is 0.632. The van der Waals surface area contributed by atoms with E-state index in [2.05, 4.69) is 50.5 Å². The second kappa shape index (κ2) is 7.42. The van der Waals surface area contributed by atoms with Crippen LogP contribution in [0.3, 0.4) is 0 Å². The van der Waals surface area contributed by atoms with E-state index in [0.29, 0.717) is 11.7 Å².